The molecule has 6 nitrogen and oxygen atoms in total. The van der Waals surface area contributed by atoms with E-state index in [9.17, 15) is 14.4 Å². The van der Waals surface area contributed by atoms with Crippen LogP contribution in [0, 0.1) is 3.57 Å². The van der Waals surface area contributed by atoms with E-state index in [4.69, 9.17) is 16.3 Å². The van der Waals surface area contributed by atoms with E-state index in [1.54, 1.807) is 23.1 Å². The highest BCUT2D eigenvalue weighted by Gasteiger charge is 2.37. The van der Waals surface area contributed by atoms with Crippen molar-refractivity contribution in [2.45, 2.75) is 32.3 Å². The highest BCUT2D eigenvalue weighted by molar-refractivity contribution is 14.1. The Kier molecular flexibility index (Phi) is 9.18. The van der Waals surface area contributed by atoms with Crippen LogP contribution < -0.4 is 4.74 Å². The Bertz CT molecular complexity index is 1140. The Labute approximate surface area is 235 Å². The zero-order valence-electron chi connectivity index (χ0n) is 18.8. The van der Waals surface area contributed by atoms with Crippen LogP contribution in [0.25, 0.3) is 6.08 Å². The minimum Gasteiger partial charge on any atom is -0.486 e. The summed E-state index contributed by atoms with van der Waals surface area (Å²) in [4.78, 5) is 41.1. The second-order valence-electron chi connectivity index (χ2n) is 8.29. The topological polar surface area (TPSA) is 66.9 Å². The molecular weight excluding hydrogens is 667 g/mol. The van der Waals surface area contributed by atoms with E-state index in [1.165, 1.54) is 0 Å². The SMILES string of the molecule is O=C(CN1C(=O)SC(=Cc2cc(Cl)c(OCc3ccc(I)cc3)c(Br)c2)C1=O)N1CCCCCC1. The predicted molar refractivity (Wildman–Crippen MR) is 150 cm³/mol. The van der Waals surface area contributed by atoms with Gasteiger partial charge in [-0.05, 0) is 105 Å². The number of benzene rings is 2. The molecular formula is C25H23BrClIN2O4S. The van der Waals surface area contributed by atoms with E-state index >= 15 is 0 Å². The van der Waals surface area contributed by atoms with Crippen molar-refractivity contribution in [3.8, 4) is 5.75 Å². The second kappa shape index (κ2) is 12.1. The first-order valence-electron chi connectivity index (χ1n) is 11.2. The maximum atomic E-state index is 12.9. The molecule has 0 radical (unpaired) electrons. The fourth-order valence-electron chi connectivity index (χ4n) is 3.88. The summed E-state index contributed by atoms with van der Waals surface area (Å²) in [6.45, 7) is 1.49. The molecule has 0 aliphatic carbocycles. The smallest absolute Gasteiger partial charge is 0.294 e. The molecule has 2 aromatic carbocycles. The fourth-order valence-corrected chi connectivity index (χ4v) is 6.07. The molecule has 0 bridgehead atoms. The van der Waals surface area contributed by atoms with Crippen LogP contribution in [0.15, 0.2) is 45.8 Å². The van der Waals surface area contributed by atoms with E-state index in [1.807, 2.05) is 24.3 Å². The molecule has 0 aromatic heterocycles. The van der Waals surface area contributed by atoms with Gasteiger partial charge in [-0.25, -0.2) is 0 Å². The molecule has 184 valence electrons. The van der Waals surface area contributed by atoms with Crippen LogP contribution in [0.5, 0.6) is 5.75 Å². The number of carbonyl (C=O) groups excluding carboxylic acids is 3. The number of halogens is 3. The van der Waals surface area contributed by atoms with Crippen molar-refractivity contribution in [2.24, 2.45) is 0 Å². The van der Waals surface area contributed by atoms with Crippen molar-refractivity contribution >= 4 is 85.0 Å². The fraction of sp³-hybridized carbons (Fsp3) is 0.320. The quantitative estimate of drug-likeness (QED) is 0.249. The van der Waals surface area contributed by atoms with Crippen LogP contribution in [0.2, 0.25) is 5.02 Å². The van der Waals surface area contributed by atoms with Crippen LogP contribution in [-0.4, -0.2) is 46.5 Å². The van der Waals surface area contributed by atoms with Crippen molar-refractivity contribution in [3.63, 3.8) is 0 Å². The lowest BCUT2D eigenvalue weighted by Crippen LogP contribution is -2.42. The van der Waals surface area contributed by atoms with Crippen molar-refractivity contribution in [1.82, 2.24) is 9.80 Å². The van der Waals surface area contributed by atoms with Crippen molar-refractivity contribution in [1.29, 1.82) is 0 Å². The summed E-state index contributed by atoms with van der Waals surface area (Å²) in [6.07, 6.45) is 5.71. The summed E-state index contributed by atoms with van der Waals surface area (Å²) in [5.74, 6) is -0.149. The average Bonchev–Trinajstić information content (AvgIpc) is 3.01. The van der Waals surface area contributed by atoms with Gasteiger partial charge in [0.25, 0.3) is 11.1 Å². The molecule has 2 saturated heterocycles. The van der Waals surface area contributed by atoms with E-state index < -0.39 is 11.1 Å². The van der Waals surface area contributed by atoms with E-state index in [0.717, 1.165) is 51.5 Å². The van der Waals surface area contributed by atoms with Crippen LogP contribution in [-0.2, 0) is 16.2 Å². The molecule has 2 aliphatic heterocycles. The predicted octanol–water partition coefficient (Wildman–Crippen LogP) is 6.73. The highest BCUT2D eigenvalue weighted by atomic mass is 127. The maximum absolute atomic E-state index is 12.9. The molecule has 10 heteroatoms. The summed E-state index contributed by atoms with van der Waals surface area (Å²) < 4.78 is 7.69. The number of thioether (sulfide) groups is 1. The molecule has 2 fully saturated rings. The molecule has 0 atom stereocenters. The standard InChI is InChI=1S/C25H23BrClIN2O4S/c26-19-11-17(12-20(27)23(19)34-15-16-5-7-18(28)8-6-16)13-21-24(32)30(25(33)35-21)14-22(31)29-9-3-1-2-4-10-29/h5-8,11-13H,1-4,9-10,14-15H2. The first kappa shape index (κ1) is 26.5. The molecule has 0 spiro atoms. The summed E-state index contributed by atoms with van der Waals surface area (Å²) in [7, 11) is 0. The number of imide groups is 1. The number of amides is 3. The summed E-state index contributed by atoms with van der Waals surface area (Å²) in [5, 5.41) is -0.0567. The molecule has 35 heavy (non-hydrogen) atoms. The minimum atomic E-state index is -0.463. The molecule has 0 N–H and O–H groups in total. The molecule has 0 unspecified atom stereocenters. The monoisotopic (exact) mass is 688 g/mol. The van der Waals surface area contributed by atoms with Gasteiger partial charge in [0.1, 0.15) is 13.2 Å². The van der Waals surface area contributed by atoms with Gasteiger partial charge in [-0.1, -0.05) is 36.6 Å². The first-order chi connectivity index (χ1) is 16.8. The molecule has 3 amide bonds. The first-order valence-corrected chi connectivity index (χ1v) is 14.3. The lowest BCUT2D eigenvalue weighted by molar-refractivity contribution is -0.135. The van der Waals surface area contributed by atoms with Gasteiger partial charge in [0.05, 0.1) is 14.4 Å². The van der Waals surface area contributed by atoms with Gasteiger partial charge in [-0.15, -0.1) is 0 Å². The van der Waals surface area contributed by atoms with Gasteiger partial charge < -0.3 is 9.64 Å². The van der Waals surface area contributed by atoms with Gasteiger partial charge in [0, 0.05) is 16.7 Å². The van der Waals surface area contributed by atoms with Gasteiger partial charge in [0.2, 0.25) is 5.91 Å². The minimum absolute atomic E-state index is 0.184. The number of rotatable bonds is 6. The van der Waals surface area contributed by atoms with Crippen molar-refractivity contribution in [3.05, 3.63) is 65.5 Å². The van der Waals surface area contributed by atoms with E-state index in [0.29, 0.717) is 40.5 Å². The molecule has 2 aromatic rings. The van der Waals surface area contributed by atoms with Gasteiger partial charge in [-0.3, -0.25) is 19.3 Å². The number of likely N-dealkylation sites (tertiary alicyclic amines) is 1. The Morgan fingerprint density at radius 3 is 2.46 bits per heavy atom. The average molecular weight is 690 g/mol. The lowest BCUT2D eigenvalue weighted by atomic mass is 10.2. The van der Waals surface area contributed by atoms with Gasteiger partial charge in [-0.2, -0.15) is 0 Å². The zero-order valence-corrected chi connectivity index (χ0v) is 24.1. The Balaban J connectivity index is 1.44. The Morgan fingerprint density at radius 2 is 1.80 bits per heavy atom. The second-order valence-corrected chi connectivity index (χ2v) is 11.8. The summed E-state index contributed by atoms with van der Waals surface area (Å²) in [6, 6.07) is 11.5. The molecule has 2 heterocycles. The normalized spacial score (nSPS) is 17.7. The van der Waals surface area contributed by atoms with Crippen LogP contribution in [0.4, 0.5) is 4.79 Å². The van der Waals surface area contributed by atoms with Crippen molar-refractivity contribution in [2.75, 3.05) is 19.6 Å². The van der Waals surface area contributed by atoms with E-state index in [-0.39, 0.29) is 17.4 Å². The van der Waals surface area contributed by atoms with Crippen LogP contribution in [0.1, 0.15) is 36.8 Å². The van der Waals surface area contributed by atoms with Crippen LogP contribution >= 0.6 is 61.9 Å². The number of hydrogen-bond donors (Lipinski definition) is 0. The van der Waals surface area contributed by atoms with Crippen molar-refractivity contribution < 1.29 is 19.1 Å². The largest absolute Gasteiger partial charge is 0.486 e. The zero-order chi connectivity index (χ0) is 24.9. The van der Waals surface area contributed by atoms with Gasteiger partial charge >= 0.3 is 0 Å². The number of nitrogens with zero attached hydrogens (tertiary/aromatic N) is 2. The molecule has 2 aliphatic rings. The third kappa shape index (κ3) is 6.81. The highest BCUT2D eigenvalue weighted by Crippen LogP contribution is 2.38. The number of hydrogen-bond acceptors (Lipinski definition) is 5. The third-order valence-corrected chi connectivity index (χ3v) is 8.24. The molecule has 0 saturated carbocycles. The Hall–Kier alpha value is -1.56. The summed E-state index contributed by atoms with van der Waals surface area (Å²) >= 11 is 13.0. The van der Waals surface area contributed by atoms with Crippen LogP contribution in [0.3, 0.4) is 0 Å². The molecule has 4 rings (SSSR count). The number of ether oxygens (including phenoxy) is 1. The third-order valence-electron chi connectivity index (χ3n) is 5.74. The lowest BCUT2D eigenvalue weighted by Gasteiger charge is -2.22. The Morgan fingerprint density at radius 1 is 1.11 bits per heavy atom. The van der Waals surface area contributed by atoms with Gasteiger partial charge in [0.15, 0.2) is 5.75 Å². The van der Waals surface area contributed by atoms with E-state index in [2.05, 4.69) is 38.5 Å². The maximum Gasteiger partial charge on any atom is 0.294 e. The number of carbonyl (C=O) groups is 3. The summed E-state index contributed by atoms with van der Waals surface area (Å²) in [5.41, 5.74) is 1.66.